The fourth-order valence-corrected chi connectivity index (χ4v) is 0.514. The molecule has 0 unspecified atom stereocenters. The molecule has 0 saturated carbocycles. The second-order valence-corrected chi connectivity index (χ2v) is 1.92. The molecule has 0 aromatic carbocycles. The second kappa shape index (κ2) is 4.27. The van der Waals surface area contributed by atoms with Crippen molar-refractivity contribution in [3.8, 4) is 0 Å². The highest BCUT2D eigenvalue weighted by molar-refractivity contribution is 6.65. The van der Waals surface area contributed by atoms with Crippen molar-refractivity contribution >= 4 is 22.6 Å². The predicted molar refractivity (Wildman–Crippen MR) is 35.3 cm³/mol. The van der Waals surface area contributed by atoms with Crippen LogP contribution in [0.3, 0.4) is 0 Å². The molecule has 0 rings (SSSR count). The van der Waals surface area contributed by atoms with E-state index in [2.05, 4.69) is 0 Å². The Bertz CT molecular complexity index is 149. The zero-order chi connectivity index (χ0) is 7.28. The number of ketones is 1. The molecule has 0 fully saturated rings. The quantitative estimate of drug-likeness (QED) is 0.342. The Labute approximate surface area is 58.5 Å². The number of rotatable bonds is 3. The minimum Gasteiger partial charge on any atom is -0.294 e. The lowest BCUT2D eigenvalue weighted by Crippen LogP contribution is -1.97. The van der Waals surface area contributed by atoms with E-state index in [1.54, 1.807) is 13.0 Å². The van der Waals surface area contributed by atoms with Gasteiger partial charge < -0.3 is 0 Å². The first kappa shape index (κ1) is 8.37. The van der Waals surface area contributed by atoms with E-state index >= 15 is 0 Å². The van der Waals surface area contributed by atoms with Crippen molar-refractivity contribution in [1.82, 2.24) is 0 Å². The predicted octanol–water partition coefficient (Wildman–Crippen LogP) is 1.29. The fourth-order valence-electron chi connectivity index (χ4n) is 0.382. The van der Waals surface area contributed by atoms with Crippen molar-refractivity contribution in [2.75, 3.05) is 0 Å². The van der Waals surface area contributed by atoms with Gasteiger partial charge in [-0.25, -0.2) is 0 Å². The van der Waals surface area contributed by atoms with Gasteiger partial charge in [0.25, 0.3) is 0 Å². The summed E-state index contributed by atoms with van der Waals surface area (Å²) >= 11 is 4.91. The summed E-state index contributed by atoms with van der Waals surface area (Å²) in [6.45, 7) is 1.70. The summed E-state index contributed by atoms with van der Waals surface area (Å²) in [6, 6.07) is 0. The molecular weight excluding hydrogens is 140 g/mol. The van der Waals surface area contributed by atoms with E-state index in [0.29, 0.717) is 0 Å². The van der Waals surface area contributed by atoms with Crippen LogP contribution in [-0.4, -0.2) is 11.0 Å². The van der Waals surface area contributed by atoms with Gasteiger partial charge in [0.1, 0.15) is 0 Å². The van der Waals surface area contributed by atoms with E-state index < -0.39 is 5.24 Å². The molecule has 0 N–H and O–H groups in total. The van der Waals surface area contributed by atoms with Crippen LogP contribution in [0, 0.1) is 0 Å². The lowest BCUT2D eigenvalue weighted by atomic mass is 10.3. The van der Waals surface area contributed by atoms with Gasteiger partial charge in [-0.15, -0.1) is 0 Å². The summed E-state index contributed by atoms with van der Waals surface area (Å²) in [5, 5.41) is -0.613. The van der Waals surface area contributed by atoms with Crippen LogP contribution in [0.4, 0.5) is 0 Å². The summed E-state index contributed by atoms with van der Waals surface area (Å²) in [5.41, 5.74) is 0. The minimum atomic E-state index is -0.613. The van der Waals surface area contributed by atoms with Crippen molar-refractivity contribution in [3.05, 3.63) is 12.2 Å². The molecule has 0 aromatic heterocycles. The first-order valence-electron chi connectivity index (χ1n) is 2.50. The minimum absolute atomic E-state index is 0.202. The van der Waals surface area contributed by atoms with Gasteiger partial charge in [-0.3, -0.25) is 9.59 Å². The Hall–Kier alpha value is -0.630. The van der Waals surface area contributed by atoms with Crippen molar-refractivity contribution in [1.29, 1.82) is 0 Å². The summed E-state index contributed by atoms with van der Waals surface area (Å²) in [7, 11) is 0. The molecule has 0 spiro atoms. The molecule has 0 radical (unpaired) electrons. The van der Waals surface area contributed by atoms with Crippen LogP contribution >= 0.6 is 11.6 Å². The number of halogens is 1. The van der Waals surface area contributed by atoms with Crippen LogP contribution in [-0.2, 0) is 9.59 Å². The number of allylic oxidation sites excluding steroid dienone is 2. The van der Waals surface area contributed by atoms with Gasteiger partial charge in [0.15, 0.2) is 5.78 Å². The molecule has 0 atom stereocenters. The average Bonchev–Trinajstić information content (AvgIpc) is 1.63. The first-order valence-corrected chi connectivity index (χ1v) is 2.88. The molecule has 0 bridgehead atoms. The van der Waals surface area contributed by atoms with Crippen molar-refractivity contribution in [3.63, 3.8) is 0 Å². The Morgan fingerprint density at radius 3 is 2.44 bits per heavy atom. The molecule has 0 heterocycles. The lowest BCUT2D eigenvalue weighted by Gasteiger charge is -1.83. The number of hydrogen-bond donors (Lipinski definition) is 0. The van der Waals surface area contributed by atoms with Crippen LogP contribution in [0.5, 0.6) is 0 Å². The molecule has 0 aliphatic heterocycles. The van der Waals surface area contributed by atoms with Crippen molar-refractivity contribution in [2.24, 2.45) is 0 Å². The van der Waals surface area contributed by atoms with Crippen molar-refractivity contribution in [2.45, 2.75) is 13.3 Å². The molecule has 0 saturated heterocycles. The molecule has 0 amide bonds. The van der Waals surface area contributed by atoms with Crippen LogP contribution < -0.4 is 0 Å². The highest BCUT2D eigenvalue weighted by Gasteiger charge is 2.00. The van der Waals surface area contributed by atoms with E-state index in [0.717, 1.165) is 0 Å². The highest BCUT2D eigenvalue weighted by atomic mass is 35.5. The van der Waals surface area contributed by atoms with E-state index in [9.17, 15) is 9.59 Å². The van der Waals surface area contributed by atoms with E-state index in [1.165, 1.54) is 6.08 Å². The number of carbonyl (C=O) groups is 2. The molecule has 0 aliphatic rings. The number of hydrogen-bond acceptors (Lipinski definition) is 2. The van der Waals surface area contributed by atoms with Gasteiger partial charge in [0.2, 0.25) is 5.24 Å². The lowest BCUT2D eigenvalue weighted by molar-refractivity contribution is -0.120. The highest BCUT2D eigenvalue weighted by Crippen LogP contribution is 1.90. The van der Waals surface area contributed by atoms with Gasteiger partial charge in [-0.05, 0) is 24.6 Å². The van der Waals surface area contributed by atoms with E-state index in [1.807, 2.05) is 0 Å². The largest absolute Gasteiger partial charge is 0.294 e. The average molecular weight is 147 g/mol. The Morgan fingerprint density at radius 1 is 1.56 bits per heavy atom. The van der Waals surface area contributed by atoms with E-state index in [-0.39, 0.29) is 12.2 Å². The first-order chi connectivity index (χ1) is 4.16. The van der Waals surface area contributed by atoms with Crippen LogP contribution in [0.25, 0.3) is 0 Å². The van der Waals surface area contributed by atoms with Gasteiger partial charge in [0.05, 0.1) is 6.42 Å². The molecule has 3 heteroatoms. The molecule has 0 aromatic rings. The maximum absolute atomic E-state index is 10.5. The fraction of sp³-hybridized carbons (Fsp3) is 0.333. The Kier molecular flexibility index (Phi) is 3.97. The van der Waals surface area contributed by atoms with Gasteiger partial charge in [0, 0.05) is 0 Å². The molecule has 9 heavy (non-hydrogen) atoms. The Morgan fingerprint density at radius 2 is 2.11 bits per heavy atom. The molecule has 50 valence electrons. The normalized spacial score (nSPS) is 10.0. The smallest absolute Gasteiger partial charge is 0.229 e. The van der Waals surface area contributed by atoms with Gasteiger partial charge >= 0.3 is 0 Å². The van der Waals surface area contributed by atoms with Crippen molar-refractivity contribution < 1.29 is 9.59 Å². The second-order valence-electron chi connectivity index (χ2n) is 1.50. The summed E-state index contributed by atoms with van der Waals surface area (Å²) in [4.78, 5) is 20.5. The van der Waals surface area contributed by atoms with Crippen LogP contribution in [0.1, 0.15) is 13.3 Å². The zero-order valence-electron chi connectivity index (χ0n) is 5.06. The van der Waals surface area contributed by atoms with Gasteiger partial charge in [-0.1, -0.05) is 6.08 Å². The molecular formula is C6H7ClO2. The maximum Gasteiger partial charge on any atom is 0.229 e. The zero-order valence-corrected chi connectivity index (χ0v) is 5.81. The monoisotopic (exact) mass is 146 g/mol. The Balaban J connectivity index is 3.64. The summed E-state index contributed by atoms with van der Waals surface area (Å²) in [6.07, 6.45) is 2.69. The van der Waals surface area contributed by atoms with Crippen LogP contribution in [0.2, 0.25) is 0 Å². The third-order valence-corrected chi connectivity index (χ3v) is 0.799. The SMILES string of the molecule is C/C=C/C(=O)CC(=O)Cl. The summed E-state index contributed by atoms with van der Waals surface area (Å²) < 4.78 is 0. The molecule has 2 nitrogen and oxygen atoms in total. The third kappa shape index (κ3) is 5.24. The standard InChI is InChI=1S/C6H7ClO2/c1-2-3-5(8)4-6(7)9/h2-3H,4H2,1H3/b3-2+. The number of carbonyl (C=O) groups excluding carboxylic acids is 2. The topological polar surface area (TPSA) is 34.1 Å². The third-order valence-electron chi connectivity index (χ3n) is 0.666. The van der Waals surface area contributed by atoms with Gasteiger partial charge in [-0.2, -0.15) is 0 Å². The van der Waals surface area contributed by atoms with Crippen LogP contribution in [0.15, 0.2) is 12.2 Å². The maximum atomic E-state index is 10.5. The summed E-state index contributed by atoms with van der Waals surface area (Å²) in [5.74, 6) is -0.252. The van der Waals surface area contributed by atoms with E-state index in [4.69, 9.17) is 11.6 Å². The molecule has 0 aliphatic carbocycles.